The van der Waals surface area contributed by atoms with Gasteiger partial charge in [0.1, 0.15) is 11.2 Å². The summed E-state index contributed by atoms with van der Waals surface area (Å²) in [4.78, 5) is 24.3. The van der Waals surface area contributed by atoms with Crippen molar-refractivity contribution in [1.29, 1.82) is 0 Å². The topological polar surface area (TPSA) is 104 Å². The van der Waals surface area contributed by atoms with E-state index in [1.54, 1.807) is 6.07 Å². The van der Waals surface area contributed by atoms with Crippen LogP contribution in [0.15, 0.2) is 6.07 Å². The zero-order valence-electron chi connectivity index (χ0n) is 13.7. The van der Waals surface area contributed by atoms with Crippen LogP contribution in [0.5, 0.6) is 0 Å². The van der Waals surface area contributed by atoms with Crippen molar-refractivity contribution in [3.05, 3.63) is 17.5 Å². The Labute approximate surface area is 134 Å². The molecule has 1 amide bonds. The Bertz CT molecular complexity index is 635. The van der Waals surface area contributed by atoms with Crippen molar-refractivity contribution in [2.75, 3.05) is 6.61 Å². The first-order valence-corrected chi connectivity index (χ1v) is 8.04. The molecule has 0 saturated heterocycles. The maximum absolute atomic E-state index is 12.5. The average molecular weight is 321 g/mol. The minimum Gasteiger partial charge on any atom is -0.479 e. The fraction of sp³-hybridized carbons (Fsp3) is 0.688. The fourth-order valence-electron chi connectivity index (χ4n) is 3.35. The van der Waals surface area contributed by atoms with Gasteiger partial charge in [-0.15, -0.1) is 0 Å². The molecule has 2 aliphatic rings. The second kappa shape index (κ2) is 5.33. The fourth-order valence-corrected chi connectivity index (χ4v) is 3.35. The quantitative estimate of drug-likeness (QED) is 0.739. The molecule has 1 heterocycles. The predicted molar refractivity (Wildman–Crippen MR) is 82.2 cm³/mol. The van der Waals surface area contributed by atoms with Crippen LogP contribution in [0.4, 0.5) is 0 Å². The summed E-state index contributed by atoms with van der Waals surface area (Å²) < 4.78 is 5.59. The highest BCUT2D eigenvalue weighted by atomic mass is 16.5. The van der Waals surface area contributed by atoms with Gasteiger partial charge in [-0.2, -0.15) is 5.10 Å². The lowest BCUT2D eigenvalue weighted by atomic mass is 9.54. The lowest BCUT2D eigenvalue weighted by Crippen LogP contribution is -2.76. The summed E-state index contributed by atoms with van der Waals surface area (Å²) in [6.45, 7) is 6.01. The van der Waals surface area contributed by atoms with Crippen molar-refractivity contribution in [3.8, 4) is 0 Å². The molecule has 0 aliphatic heterocycles. The number of aromatic nitrogens is 2. The van der Waals surface area contributed by atoms with Crippen LogP contribution in [0.25, 0.3) is 0 Å². The molecule has 2 aliphatic carbocycles. The molecule has 2 saturated carbocycles. The molecule has 0 radical (unpaired) electrons. The molecular weight excluding hydrogens is 298 g/mol. The Balaban J connectivity index is 1.77. The second-order valence-electron chi connectivity index (χ2n) is 7.02. The number of ether oxygens (including phenoxy) is 1. The van der Waals surface area contributed by atoms with Crippen LogP contribution in [0.3, 0.4) is 0 Å². The van der Waals surface area contributed by atoms with Crippen molar-refractivity contribution in [1.82, 2.24) is 15.5 Å². The van der Waals surface area contributed by atoms with E-state index in [9.17, 15) is 14.7 Å². The number of carboxylic acids is 1. The molecule has 126 valence electrons. The summed E-state index contributed by atoms with van der Waals surface area (Å²) in [5.74, 6) is -1.04. The standard InChI is InChI=1S/C16H23N3O4/c1-4-23-12-8-16(14(21)22,15(12,2)3)17-13(20)11-7-10(18-19-11)9-5-6-9/h7,9,12H,4-6,8H2,1-3H3,(H,17,20)(H,18,19)(H,21,22)/t12-,16-/m0/s1. The summed E-state index contributed by atoms with van der Waals surface area (Å²) in [6.07, 6.45) is 2.27. The third-order valence-electron chi connectivity index (χ3n) is 5.30. The lowest BCUT2D eigenvalue weighted by Gasteiger charge is -2.58. The second-order valence-corrected chi connectivity index (χ2v) is 7.02. The smallest absolute Gasteiger partial charge is 0.330 e. The number of H-pyrrole nitrogens is 1. The molecule has 23 heavy (non-hydrogen) atoms. The summed E-state index contributed by atoms with van der Waals surface area (Å²) in [5.41, 5.74) is -0.842. The number of hydrogen-bond acceptors (Lipinski definition) is 4. The summed E-state index contributed by atoms with van der Waals surface area (Å²) in [6, 6.07) is 1.72. The summed E-state index contributed by atoms with van der Waals surface area (Å²) in [7, 11) is 0. The molecule has 2 atom stereocenters. The van der Waals surface area contributed by atoms with E-state index < -0.39 is 22.8 Å². The maximum Gasteiger partial charge on any atom is 0.330 e. The molecule has 3 N–H and O–H groups in total. The molecule has 0 bridgehead atoms. The van der Waals surface area contributed by atoms with E-state index in [4.69, 9.17) is 4.74 Å². The van der Waals surface area contributed by atoms with E-state index in [2.05, 4.69) is 15.5 Å². The van der Waals surface area contributed by atoms with Gasteiger partial charge in [0.25, 0.3) is 5.91 Å². The molecule has 0 unspecified atom stereocenters. The number of rotatable bonds is 6. The third kappa shape index (κ3) is 2.43. The number of carbonyl (C=O) groups is 2. The minimum atomic E-state index is -1.33. The summed E-state index contributed by atoms with van der Waals surface area (Å²) in [5, 5.41) is 19.3. The number of carbonyl (C=O) groups excluding carboxylic acids is 1. The molecule has 7 nitrogen and oxygen atoms in total. The van der Waals surface area contributed by atoms with Gasteiger partial charge in [-0.1, -0.05) is 13.8 Å². The third-order valence-corrected chi connectivity index (χ3v) is 5.30. The first-order chi connectivity index (χ1) is 10.8. The van der Waals surface area contributed by atoms with Crippen molar-refractivity contribution in [3.63, 3.8) is 0 Å². The van der Waals surface area contributed by atoms with E-state index in [1.165, 1.54) is 0 Å². The van der Waals surface area contributed by atoms with Crippen LogP contribution in [0, 0.1) is 5.41 Å². The molecule has 0 aromatic carbocycles. The minimum absolute atomic E-state index is 0.190. The Morgan fingerprint density at radius 1 is 1.48 bits per heavy atom. The van der Waals surface area contributed by atoms with Gasteiger partial charge in [-0.05, 0) is 25.8 Å². The van der Waals surface area contributed by atoms with Gasteiger partial charge in [0, 0.05) is 30.1 Å². The first kappa shape index (κ1) is 16.0. The van der Waals surface area contributed by atoms with Crippen LogP contribution in [0.1, 0.15) is 62.1 Å². The van der Waals surface area contributed by atoms with Gasteiger partial charge < -0.3 is 15.2 Å². The number of aliphatic carboxylic acids is 1. The Morgan fingerprint density at radius 3 is 2.70 bits per heavy atom. The molecule has 7 heteroatoms. The van der Waals surface area contributed by atoms with Gasteiger partial charge in [0.05, 0.1) is 6.10 Å². The van der Waals surface area contributed by atoms with Crippen molar-refractivity contribution in [2.24, 2.45) is 5.41 Å². The predicted octanol–water partition coefficient (Wildman–Crippen LogP) is 1.68. The Morgan fingerprint density at radius 2 is 2.17 bits per heavy atom. The number of nitrogens with one attached hydrogen (secondary N) is 2. The Kier molecular flexibility index (Phi) is 3.71. The van der Waals surface area contributed by atoms with Crippen LogP contribution in [-0.4, -0.2) is 45.4 Å². The highest BCUT2D eigenvalue weighted by Gasteiger charge is 2.66. The lowest BCUT2D eigenvalue weighted by molar-refractivity contribution is -0.190. The van der Waals surface area contributed by atoms with Gasteiger partial charge in [0.2, 0.25) is 0 Å². The van der Waals surface area contributed by atoms with Crippen LogP contribution >= 0.6 is 0 Å². The van der Waals surface area contributed by atoms with E-state index in [1.807, 2.05) is 20.8 Å². The van der Waals surface area contributed by atoms with Gasteiger partial charge in [-0.3, -0.25) is 9.89 Å². The Hall–Kier alpha value is -1.89. The molecule has 1 aromatic heterocycles. The number of nitrogens with zero attached hydrogens (tertiary/aromatic N) is 1. The van der Waals surface area contributed by atoms with Gasteiger partial charge in [-0.25, -0.2) is 4.79 Å². The monoisotopic (exact) mass is 321 g/mol. The van der Waals surface area contributed by atoms with Crippen molar-refractivity contribution >= 4 is 11.9 Å². The van der Waals surface area contributed by atoms with E-state index in [0.29, 0.717) is 12.5 Å². The number of amides is 1. The normalized spacial score (nSPS) is 28.9. The number of carboxylic acid groups (broad SMARTS) is 1. The van der Waals surface area contributed by atoms with E-state index >= 15 is 0 Å². The molecule has 0 spiro atoms. The van der Waals surface area contributed by atoms with Crippen LogP contribution < -0.4 is 5.32 Å². The largest absolute Gasteiger partial charge is 0.479 e. The molecule has 3 rings (SSSR count). The van der Waals surface area contributed by atoms with Gasteiger partial charge >= 0.3 is 5.97 Å². The summed E-state index contributed by atoms with van der Waals surface area (Å²) >= 11 is 0. The first-order valence-electron chi connectivity index (χ1n) is 8.04. The van der Waals surface area contributed by atoms with Crippen LogP contribution in [0.2, 0.25) is 0 Å². The van der Waals surface area contributed by atoms with Crippen molar-refractivity contribution < 1.29 is 19.4 Å². The van der Waals surface area contributed by atoms with Gasteiger partial charge in [0.15, 0.2) is 0 Å². The zero-order valence-corrected chi connectivity index (χ0v) is 13.7. The highest BCUT2D eigenvalue weighted by molar-refractivity contribution is 5.97. The van der Waals surface area contributed by atoms with Crippen molar-refractivity contribution in [2.45, 2.75) is 57.6 Å². The average Bonchev–Trinajstić information content (AvgIpc) is 3.22. The highest BCUT2D eigenvalue weighted by Crippen LogP contribution is 2.51. The molecule has 1 aromatic rings. The number of aromatic amines is 1. The number of hydrogen-bond donors (Lipinski definition) is 3. The maximum atomic E-state index is 12.5. The SMILES string of the molecule is CCO[C@H]1C[C@](NC(=O)c2cc(C3CC3)[nH]n2)(C(=O)O)C1(C)C. The van der Waals surface area contributed by atoms with E-state index in [0.717, 1.165) is 18.5 Å². The molecule has 2 fully saturated rings. The van der Waals surface area contributed by atoms with Crippen LogP contribution in [-0.2, 0) is 9.53 Å². The molecular formula is C16H23N3O4. The zero-order chi connectivity index (χ0) is 16.8. The van der Waals surface area contributed by atoms with E-state index in [-0.39, 0.29) is 18.2 Å².